The maximum absolute atomic E-state index is 12.5. The summed E-state index contributed by atoms with van der Waals surface area (Å²) in [6.45, 7) is 0. The van der Waals surface area contributed by atoms with Gasteiger partial charge in [-0.1, -0.05) is 0 Å². The summed E-state index contributed by atoms with van der Waals surface area (Å²) in [5.41, 5.74) is 4.09. The maximum atomic E-state index is 12.5. The molecule has 0 fully saturated rings. The van der Waals surface area contributed by atoms with E-state index in [1.807, 2.05) is 0 Å². The summed E-state index contributed by atoms with van der Waals surface area (Å²) in [4.78, 5) is 11.1. The van der Waals surface area contributed by atoms with E-state index in [0.29, 0.717) is 6.07 Å². The molecule has 0 saturated heterocycles. The Morgan fingerprint density at radius 3 is 2.59 bits per heavy atom. The van der Waals surface area contributed by atoms with Gasteiger partial charge >= 0.3 is 6.18 Å². The van der Waals surface area contributed by atoms with Crippen LogP contribution in [0.5, 0.6) is 0 Å². The van der Waals surface area contributed by atoms with Crippen molar-refractivity contribution < 1.29 is 22.2 Å². The van der Waals surface area contributed by atoms with Crippen molar-refractivity contribution in [2.24, 2.45) is 0 Å². The van der Waals surface area contributed by atoms with E-state index >= 15 is 0 Å². The summed E-state index contributed by atoms with van der Waals surface area (Å²) in [7, 11) is -1.70. The van der Waals surface area contributed by atoms with E-state index in [2.05, 4.69) is 5.32 Å². The van der Waals surface area contributed by atoms with E-state index in [1.165, 1.54) is 0 Å². The first-order valence-electron chi connectivity index (χ1n) is 4.48. The van der Waals surface area contributed by atoms with Gasteiger partial charge in [0.25, 0.3) is 0 Å². The fourth-order valence-electron chi connectivity index (χ4n) is 1.54. The average Bonchev–Trinajstić information content (AvgIpc) is 2.13. The zero-order valence-corrected chi connectivity index (χ0v) is 9.11. The van der Waals surface area contributed by atoms with Gasteiger partial charge in [0.1, 0.15) is 5.75 Å². The molecule has 1 aliphatic heterocycles. The number of carbonyl (C=O) groups is 1. The summed E-state index contributed by atoms with van der Waals surface area (Å²) >= 11 is 0. The number of rotatable bonds is 0. The number of nitrogen functional groups attached to an aromatic ring is 1. The molecular formula is C9H7F3N2O2S. The molecule has 17 heavy (non-hydrogen) atoms. The Morgan fingerprint density at radius 1 is 1.35 bits per heavy atom. The Bertz CT molecular complexity index is 528. The van der Waals surface area contributed by atoms with Crippen molar-refractivity contribution in [3.8, 4) is 0 Å². The number of nitrogens with two attached hydrogens (primary N) is 1. The first kappa shape index (κ1) is 11.9. The second-order valence-electron chi connectivity index (χ2n) is 3.48. The van der Waals surface area contributed by atoms with Crippen LogP contribution in [0.1, 0.15) is 5.56 Å². The van der Waals surface area contributed by atoms with Gasteiger partial charge in [0.15, 0.2) is 0 Å². The molecule has 0 bridgehead atoms. The van der Waals surface area contributed by atoms with Gasteiger partial charge in [0, 0.05) is 0 Å². The van der Waals surface area contributed by atoms with Crippen molar-refractivity contribution in [2.45, 2.75) is 11.1 Å². The second kappa shape index (κ2) is 3.73. The van der Waals surface area contributed by atoms with E-state index in [1.54, 1.807) is 0 Å². The number of hydrogen-bond donors (Lipinski definition) is 2. The monoisotopic (exact) mass is 264 g/mol. The van der Waals surface area contributed by atoms with Crippen LogP contribution in [0.3, 0.4) is 0 Å². The lowest BCUT2D eigenvalue weighted by Crippen LogP contribution is -2.27. The summed E-state index contributed by atoms with van der Waals surface area (Å²) < 4.78 is 49.0. The quantitative estimate of drug-likeness (QED) is 0.695. The third-order valence-electron chi connectivity index (χ3n) is 2.21. The Kier molecular flexibility index (Phi) is 2.61. The third-order valence-corrected chi connectivity index (χ3v) is 3.64. The summed E-state index contributed by atoms with van der Waals surface area (Å²) in [6.07, 6.45) is -4.56. The molecule has 2 rings (SSSR count). The predicted octanol–water partition coefficient (Wildman–Crippen LogP) is 1.35. The molecule has 8 heteroatoms. The van der Waals surface area contributed by atoms with Crippen LogP contribution in [0.4, 0.5) is 24.5 Å². The highest BCUT2D eigenvalue weighted by Gasteiger charge is 2.34. The fraction of sp³-hybridized carbons (Fsp3) is 0.222. The van der Waals surface area contributed by atoms with Crippen LogP contribution < -0.4 is 11.1 Å². The number of alkyl halides is 3. The van der Waals surface area contributed by atoms with Gasteiger partial charge in [0.2, 0.25) is 5.91 Å². The average molecular weight is 264 g/mol. The highest BCUT2D eigenvalue weighted by atomic mass is 32.2. The number of nitrogens with one attached hydrogen (secondary N) is 1. The molecule has 3 N–H and O–H groups in total. The smallest absolute Gasteiger partial charge is 0.398 e. The molecule has 1 unspecified atom stereocenters. The van der Waals surface area contributed by atoms with E-state index in [4.69, 9.17) is 5.73 Å². The van der Waals surface area contributed by atoms with Crippen molar-refractivity contribution in [3.05, 3.63) is 17.7 Å². The SMILES string of the molecule is Nc1cc(C(F)(F)F)cc2c1S(=O)CC(=O)N2. The van der Waals surface area contributed by atoms with Gasteiger partial charge in [0.05, 0.1) is 32.6 Å². The van der Waals surface area contributed by atoms with Gasteiger partial charge in [-0.3, -0.25) is 9.00 Å². The predicted molar refractivity (Wildman–Crippen MR) is 55.8 cm³/mol. The molecular weight excluding hydrogens is 257 g/mol. The molecule has 1 aromatic carbocycles. The van der Waals surface area contributed by atoms with E-state index in [0.717, 1.165) is 6.07 Å². The number of halogens is 3. The van der Waals surface area contributed by atoms with E-state index in [9.17, 15) is 22.2 Å². The minimum absolute atomic E-state index is 0.0533. The number of carbonyl (C=O) groups excluding carboxylic acids is 1. The first-order chi connectivity index (χ1) is 7.79. The molecule has 0 aromatic heterocycles. The molecule has 0 aliphatic carbocycles. The molecule has 0 saturated carbocycles. The van der Waals surface area contributed by atoms with Crippen molar-refractivity contribution in [1.82, 2.24) is 0 Å². The van der Waals surface area contributed by atoms with Gasteiger partial charge in [-0.05, 0) is 12.1 Å². The van der Waals surface area contributed by atoms with Crippen LogP contribution in [-0.2, 0) is 21.8 Å². The normalized spacial score (nSPS) is 19.7. The van der Waals surface area contributed by atoms with Crippen molar-refractivity contribution in [3.63, 3.8) is 0 Å². The summed E-state index contributed by atoms with van der Waals surface area (Å²) in [5, 5.41) is 2.23. The lowest BCUT2D eigenvalue weighted by atomic mass is 10.1. The number of anilines is 2. The van der Waals surface area contributed by atoms with Crippen LogP contribution in [0.15, 0.2) is 17.0 Å². The van der Waals surface area contributed by atoms with Gasteiger partial charge < -0.3 is 11.1 Å². The topological polar surface area (TPSA) is 72.2 Å². The van der Waals surface area contributed by atoms with Gasteiger partial charge in [-0.2, -0.15) is 13.2 Å². The lowest BCUT2D eigenvalue weighted by Gasteiger charge is -2.20. The standard InChI is InChI=1S/C9H7F3N2O2S/c10-9(11,12)4-1-5(13)8-6(2-4)14-7(15)3-17(8)16/h1-2H,3,13H2,(H,14,15). The van der Waals surface area contributed by atoms with Crippen LogP contribution in [0.2, 0.25) is 0 Å². The van der Waals surface area contributed by atoms with E-state index in [-0.39, 0.29) is 22.0 Å². The van der Waals surface area contributed by atoms with Crippen molar-refractivity contribution in [1.29, 1.82) is 0 Å². The molecule has 0 radical (unpaired) electrons. The van der Waals surface area contributed by atoms with Gasteiger partial charge in [-0.25, -0.2) is 0 Å². The number of benzene rings is 1. The lowest BCUT2D eigenvalue weighted by molar-refractivity contribution is -0.137. The Balaban J connectivity index is 2.61. The molecule has 1 aliphatic rings. The minimum atomic E-state index is -4.56. The third kappa shape index (κ3) is 2.12. The largest absolute Gasteiger partial charge is 0.416 e. The summed E-state index contributed by atoms with van der Waals surface area (Å²) in [5.74, 6) is -0.877. The zero-order chi connectivity index (χ0) is 12.8. The number of fused-ring (bicyclic) bond motifs is 1. The highest BCUT2D eigenvalue weighted by Crippen LogP contribution is 2.37. The molecule has 1 amide bonds. The Labute approximate surface area is 96.4 Å². The maximum Gasteiger partial charge on any atom is 0.416 e. The van der Waals surface area contributed by atoms with Crippen LogP contribution in [0.25, 0.3) is 0 Å². The van der Waals surface area contributed by atoms with Gasteiger partial charge in [-0.15, -0.1) is 0 Å². The molecule has 1 heterocycles. The van der Waals surface area contributed by atoms with Crippen LogP contribution >= 0.6 is 0 Å². The molecule has 1 atom stereocenters. The van der Waals surface area contributed by atoms with Crippen molar-refractivity contribution in [2.75, 3.05) is 16.8 Å². The molecule has 4 nitrogen and oxygen atoms in total. The van der Waals surface area contributed by atoms with E-state index < -0.39 is 28.4 Å². The zero-order valence-electron chi connectivity index (χ0n) is 8.30. The van der Waals surface area contributed by atoms with Crippen molar-refractivity contribution >= 4 is 28.1 Å². The number of hydrogen-bond acceptors (Lipinski definition) is 3. The first-order valence-corrected chi connectivity index (χ1v) is 5.80. The molecule has 1 aromatic rings. The molecule has 92 valence electrons. The fourth-order valence-corrected chi connectivity index (χ4v) is 2.67. The number of amides is 1. The molecule has 0 spiro atoms. The van der Waals surface area contributed by atoms with Crippen LogP contribution in [-0.4, -0.2) is 15.9 Å². The summed E-state index contributed by atoms with van der Waals surface area (Å²) in [6, 6.07) is 1.45. The van der Waals surface area contributed by atoms with Crippen LogP contribution in [0, 0.1) is 0 Å². The Hall–Kier alpha value is -1.57. The minimum Gasteiger partial charge on any atom is -0.398 e. The highest BCUT2D eigenvalue weighted by molar-refractivity contribution is 7.86. The Morgan fingerprint density at radius 2 is 2.00 bits per heavy atom. The second-order valence-corrected chi connectivity index (χ2v) is 4.87.